The van der Waals surface area contributed by atoms with Crippen molar-refractivity contribution in [3.8, 4) is 0 Å². The third kappa shape index (κ3) is 6.01. The molecule has 0 bridgehead atoms. The minimum absolute atomic E-state index is 0.226. The third-order valence-corrected chi connectivity index (χ3v) is 1.27. The first-order valence-corrected chi connectivity index (χ1v) is 3.64. The molecule has 3 heteroatoms. The molecule has 0 unspecified atom stereocenters. The molecule has 2 N–H and O–H groups in total. The number of hydrogen-bond acceptors (Lipinski definition) is 3. The first kappa shape index (κ1) is 9.88. The molecule has 0 saturated heterocycles. The lowest BCUT2D eigenvalue weighted by Gasteiger charge is -2.16. The van der Waals surface area contributed by atoms with Gasteiger partial charge in [0.25, 0.3) is 0 Å². The minimum atomic E-state index is -0.274. The Morgan fingerprint density at radius 3 is 2.50 bits per heavy atom. The number of aliphatic hydroxyl groups is 2. The van der Waals surface area contributed by atoms with Crippen LogP contribution in [0.2, 0.25) is 0 Å². The van der Waals surface area contributed by atoms with Crippen molar-refractivity contribution >= 4 is 0 Å². The van der Waals surface area contributed by atoms with Crippen molar-refractivity contribution in [2.24, 2.45) is 0 Å². The first-order chi connectivity index (χ1) is 4.66. The molecule has 1 atom stereocenters. The quantitative estimate of drug-likeness (QED) is 0.560. The van der Waals surface area contributed by atoms with Gasteiger partial charge in [-0.3, -0.25) is 0 Å². The van der Waals surface area contributed by atoms with Gasteiger partial charge in [-0.15, -0.1) is 0 Å². The van der Waals surface area contributed by atoms with Gasteiger partial charge in [-0.05, 0) is 20.4 Å². The van der Waals surface area contributed by atoms with E-state index in [2.05, 4.69) is 0 Å². The van der Waals surface area contributed by atoms with Gasteiger partial charge < -0.3 is 15.1 Å². The minimum Gasteiger partial charge on any atom is -0.396 e. The van der Waals surface area contributed by atoms with Gasteiger partial charge in [-0.2, -0.15) is 0 Å². The molecule has 0 aliphatic rings. The van der Waals surface area contributed by atoms with Crippen LogP contribution in [-0.4, -0.2) is 48.0 Å². The molecular weight excluding hydrogens is 130 g/mol. The molecule has 10 heavy (non-hydrogen) atoms. The highest BCUT2D eigenvalue weighted by Gasteiger charge is 2.00. The van der Waals surface area contributed by atoms with Gasteiger partial charge in [0.2, 0.25) is 0 Å². The summed E-state index contributed by atoms with van der Waals surface area (Å²) >= 11 is 0. The molecule has 0 radical (unpaired) electrons. The number of aliphatic hydroxyl groups excluding tert-OH is 2. The van der Waals surface area contributed by atoms with Gasteiger partial charge in [0.1, 0.15) is 0 Å². The molecule has 0 aromatic carbocycles. The lowest BCUT2D eigenvalue weighted by atomic mass is 10.3. The maximum atomic E-state index is 8.92. The van der Waals surface area contributed by atoms with Crippen LogP contribution in [0.25, 0.3) is 0 Å². The summed E-state index contributed by atoms with van der Waals surface area (Å²) in [5, 5.41) is 17.4. The summed E-state index contributed by atoms with van der Waals surface area (Å²) in [5.41, 5.74) is 0. The van der Waals surface area contributed by atoms with Crippen LogP contribution < -0.4 is 0 Å². The molecule has 0 saturated carbocycles. The summed E-state index contributed by atoms with van der Waals surface area (Å²) in [7, 11) is 1.93. The van der Waals surface area contributed by atoms with E-state index in [9.17, 15) is 0 Å². The van der Waals surface area contributed by atoms with Gasteiger partial charge in [-0.25, -0.2) is 0 Å². The molecular formula is C7H17NO2. The van der Waals surface area contributed by atoms with Crippen LogP contribution in [0.4, 0.5) is 0 Å². The summed E-state index contributed by atoms with van der Waals surface area (Å²) in [4.78, 5) is 2.00. The Bertz CT molecular complexity index is 76.0. The smallest absolute Gasteiger partial charge is 0.0638 e. The van der Waals surface area contributed by atoms with E-state index in [4.69, 9.17) is 10.2 Å². The lowest BCUT2D eigenvalue weighted by molar-refractivity contribution is 0.136. The molecule has 0 aromatic rings. The van der Waals surface area contributed by atoms with Crippen molar-refractivity contribution in [2.75, 3.05) is 26.7 Å². The van der Waals surface area contributed by atoms with Crippen molar-refractivity contribution in [2.45, 2.75) is 19.4 Å². The Kier molecular flexibility index (Phi) is 5.58. The standard InChI is InChI=1S/C7H17NO2/c1-7(10)6-8(2)4-3-5-9/h7,9-10H,3-6H2,1-2H3/t7-/m1/s1. The van der Waals surface area contributed by atoms with E-state index in [1.54, 1.807) is 6.92 Å². The predicted octanol–water partition coefficient (Wildman–Crippen LogP) is -0.319. The van der Waals surface area contributed by atoms with Crippen LogP contribution in [0, 0.1) is 0 Å². The molecule has 0 fully saturated rings. The molecule has 62 valence electrons. The fraction of sp³-hybridized carbons (Fsp3) is 1.00. The van der Waals surface area contributed by atoms with E-state index in [0.29, 0.717) is 6.54 Å². The summed E-state index contributed by atoms with van der Waals surface area (Å²) in [6.07, 6.45) is 0.507. The first-order valence-electron chi connectivity index (χ1n) is 3.64. The zero-order chi connectivity index (χ0) is 7.98. The topological polar surface area (TPSA) is 43.7 Å². The molecule has 0 heterocycles. The Morgan fingerprint density at radius 2 is 2.10 bits per heavy atom. The van der Waals surface area contributed by atoms with E-state index in [-0.39, 0.29) is 12.7 Å². The van der Waals surface area contributed by atoms with Crippen LogP contribution in [0.15, 0.2) is 0 Å². The van der Waals surface area contributed by atoms with Gasteiger partial charge in [-0.1, -0.05) is 0 Å². The Hall–Kier alpha value is -0.120. The highest BCUT2D eigenvalue weighted by Crippen LogP contribution is 1.89. The normalized spacial score (nSPS) is 14.1. The van der Waals surface area contributed by atoms with Crippen LogP contribution in [-0.2, 0) is 0 Å². The number of hydrogen-bond donors (Lipinski definition) is 2. The van der Waals surface area contributed by atoms with Gasteiger partial charge in [0, 0.05) is 19.7 Å². The SMILES string of the molecule is C[C@@H](O)CN(C)CCCO. The Morgan fingerprint density at radius 1 is 1.50 bits per heavy atom. The van der Waals surface area contributed by atoms with Crippen LogP contribution in [0.5, 0.6) is 0 Å². The Labute approximate surface area is 62.3 Å². The van der Waals surface area contributed by atoms with E-state index >= 15 is 0 Å². The van der Waals surface area contributed by atoms with E-state index in [0.717, 1.165) is 13.0 Å². The summed E-state index contributed by atoms with van der Waals surface area (Å²) in [5.74, 6) is 0. The zero-order valence-electron chi connectivity index (χ0n) is 6.75. The molecule has 0 amide bonds. The molecule has 0 aromatic heterocycles. The largest absolute Gasteiger partial charge is 0.396 e. The highest BCUT2D eigenvalue weighted by molar-refractivity contribution is 4.55. The maximum absolute atomic E-state index is 8.92. The predicted molar refractivity (Wildman–Crippen MR) is 40.9 cm³/mol. The average molecular weight is 147 g/mol. The second-order valence-electron chi connectivity index (χ2n) is 2.69. The van der Waals surface area contributed by atoms with E-state index < -0.39 is 0 Å². The monoisotopic (exact) mass is 147 g/mol. The molecule has 0 aliphatic heterocycles. The van der Waals surface area contributed by atoms with Crippen LogP contribution >= 0.6 is 0 Å². The van der Waals surface area contributed by atoms with E-state index in [1.807, 2.05) is 11.9 Å². The number of likely N-dealkylation sites (N-methyl/N-ethyl adjacent to an activating group) is 1. The van der Waals surface area contributed by atoms with Gasteiger partial charge in [0.15, 0.2) is 0 Å². The van der Waals surface area contributed by atoms with Crippen molar-refractivity contribution < 1.29 is 10.2 Å². The summed E-state index contributed by atoms with van der Waals surface area (Å²) in [6, 6.07) is 0. The van der Waals surface area contributed by atoms with Crippen LogP contribution in [0.1, 0.15) is 13.3 Å². The highest BCUT2D eigenvalue weighted by atomic mass is 16.3. The summed E-state index contributed by atoms with van der Waals surface area (Å²) in [6.45, 7) is 3.51. The average Bonchev–Trinajstić information content (AvgIpc) is 1.82. The second-order valence-corrected chi connectivity index (χ2v) is 2.69. The van der Waals surface area contributed by atoms with Crippen molar-refractivity contribution in [1.82, 2.24) is 4.90 Å². The van der Waals surface area contributed by atoms with Crippen molar-refractivity contribution in [3.63, 3.8) is 0 Å². The Balaban J connectivity index is 3.16. The van der Waals surface area contributed by atoms with Gasteiger partial charge >= 0.3 is 0 Å². The number of rotatable bonds is 5. The molecule has 3 nitrogen and oxygen atoms in total. The summed E-state index contributed by atoms with van der Waals surface area (Å²) < 4.78 is 0. The number of nitrogens with zero attached hydrogens (tertiary/aromatic N) is 1. The lowest BCUT2D eigenvalue weighted by Crippen LogP contribution is -2.28. The zero-order valence-corrected chi connectivity index (χ0v) is 6.75. The molecule has 0 spiro atoms. The maximum Gasteiger partial charge on any atom is 0.0638 e. The fourth-order valence-corrected chi connectivity index (χ4v) is 0.883. The van der Waals surface area contributed by atoms with Crippen molar-refractivity contribution in [1.29, 1.82) is 0 Å². The van der Waals surface area contributed by atoms with E-state index in [1.165, 1.54) is 0 Å². The van der Waals surface area contributed by atoms with Gasteiger partial charge in [0.05, 0.1) is 6.10 Å². The van der Waals surface area contributed by atoms with Crippen molar-refractivity contribution in [3.05, 3.63) is 0 Å². The molecule has 0 aliphatic carbocycles. The fourth-order valence-electron chi connectivity index (χ4n) is 0.883. The third-order valence-electron chi connectivity index (χ3n) is 1.27. The second kappa shape index (κ2) is 5.65. The van der Waals surface area contributed by atoms with Crippen LogP contribution in [0.3, 0.4) is 0 Å². The molecule has 0 rings (SSSR count).